The van der Waals surface area contributed by atoms with Crippen molar-refractivity contribution in [2.75, 3.05) is 19.6 Å². The molecule has 1 N–H and O–H groups in total. The van der Waals surface area contributed by atoms with E-state index in [1.54, 1.807) is 12.4 Å². The van der Waals surface area contributed by atoms with Gasteiger partial charge in [0.25, 0.3) is 0 Å². The molecule has 3 nitrogen and oxygen atoms in total. The maximum atomic E-state index is 9.99. The first-order valence-corrected chi connectivity index (χ1v) is 5.66. The summed E-state index contributed by atoms with van der Waals surface area (Å²) in [6, 6.07) is 3.80. The Morgan fingerprint density at radius 3 is 2.80 bits per heavy atom. The molecule has 82 valence electrons. The van der Waals surface area contributed by atoms with Crippen LogP contribution in [-0.2, 0) is 0 Å². The predicted molar refractivity (Wildman–Crippen MR) is 59.5 cm³/mol. The third-order valence-corrected chi connectivity index (χ3v) is 2.95. The molecule has 2 heterocycles. The highest BCUT2D eigenvalue weighted by Crippen LogP contribution is 2.16. The molecule has 1 unspecified atom stereocenters. The Balaban J connectivity index is 1.88. The quantitative estimate of drug-likeness (QED) is 0.816. The number of pyridine rings is 1. The Labute approximate surface area is 90.8 Å². The zero-order chi connectivity index (χ0) is 10.5. The molecule has 0 saturated carbocycles. The van der Waals surface area contributed by atoms with Crippen molar-refractivity contribution >= 4 is 0 Å². The molecule has 0 radical (unpaired) electrons. The van der Waals surface area contributed by atoms with Crippen LogP contribution in [0.15, 0.2) is 24.5 Å². The van der Waals surface area contributed by atoms with Crippen LogP contribution in [0.4, 0.5) is 0 Å². The third-order valence-electron chi connectivity index (χ3n) is 2.95. The SMILES string of the molecule is OC(CN1CCCCC1)c1cccnc1. The van der Waals surface area contributed by atoms with Gasteiger partial charge < -0.3 is 10.0 Å². The van der Waals surface area contributed by atoms with Crippen LogP contribution in [0.5, 0.6) is 0 Å². The van der Waals surface area contributed by atoms with Gasteiger partial charge in [0.2, 0.25) is 0 Å². The second-order valence-electron chi connectivity index (χ2n) is 4.16. The molecule has 1 aliphatic rings. The Morgan fingerprint density at radius 1 is 1.33 bits per heavy atom. The van der Waals surface area contributed by atoms with Gasteiger partial charge in [-0.3, -0.25) is 4.98 Å². The molecule has 3 heteroatoms. The average Bonchev–Trinajstić information content (AvgIpc) is 2.31. The topological polar surface area (TPSA) is 36.4 Å². The van der Waals surface area contributed by atoms with E-state index in [-0.39, 0.29) is 0 Å². The van der Waals surface area contributed by atoms with Crippen LogP contribution < -0.4 is 0 Å². The molecule has 1 aliphatic heterocycles. The second-order valence-corrected chi connectivity index (χ2v) is 4.16. The number of aromatic nitrogens is 1. The van der Waals surface area contributed by atoms with Gasteiger partial charge in [0.1, 0.15) is 0 Å². The summed E-state index contributed by atoms with van der Waals surface area (Å²) in [6.45, 7) is 2.99. The van der Waals surface area contributed by atoms with Gasteiger partial charge in [-0.2, -0.15) is 0 Å². The lowest BCUT2D eigenvalue weighted by atomic mass is 10.1. The molecule has 0 aliphatic carbocycles. The van der Waals surface area contributed by atoms with E-state index in [4.69, 9.17) is 0 Å². The number of rotatable bonds is 3. The molecule has 0 spiro atoms. The largest absolute Gasteiger partial charge is 0.387 e. The van der Waals surface area contributed by atoms with Gasteiger partial charge in [0.05, 0.1) is 6.10 Å². The van der Waals surface area contributed by atoms with Crippen molar-refractivity contribution in [3.63, 3.8) is 0 Å². The van der Waals surface area contributed by atoms with Gasteiger partial charge >= 0.3 is 0 Å². The number of β-amino-alcohol motifs (C(OH)–C–C–N with tert-alkyl or cyclic N) is 1. The van der Waals surface area contributed by atoms with Crippen LogP contribution in [-0.4, -0.2) is 34.6 Å². The first-order chi connectivity index (χ1) is 7.36. The average molecular weight is 206 g/mol. The summed E-state index contributed by atoms with van der Waals surface area (Å²) in [4.78, 5) is 6.35. The minimum Gasteiger partial charge on any atom is -0.387 e. The van der Waals surface area contributed by atoms with Crippen molar-refractivity contribution in [1.29, 1.82) is 0 Å². The van der Waals surface area contributed by atoms with Crippen molar-refractivity contribution in [2.45, 2.75) is 25.4 Å². The molecule has 2 rings (SSSR count). The first kappa shape index (κ1) is 10.6. The summed E-state index contributed by atoms with van der Waals surface area (Å²) in [7, 11) is 0. The maximum absolute atomic E-state index is 9.99. The van der Waals surface area contributed by atoms with Crippen LogP contribution in [0, 0.1) is 0 Å². The monoisotopic (exact) mass is 206 g/mol. The summed E-state index contributed by atoms with van der Waals surface area (Å²) in [6.07, 6.45) is 6.95. The smallest absolute Gasteiger partial charge is 0.0931 e. The highest BCUT2D eigenvalue weighted by Gasteiger charge is 2.15. The fraction of sp³-hybridized carbons (Fsp3) is 0.583. The molecule has 0 bridgehead atoms. The number of likely N-dealkylation sites (tertiary alicyclic amines) is 1. The van der Waals surface area contributed by atoms with Crippen molar-refractivity contribution < 1.29 is 5.11 Å². The molecule has 15 heavy (non-hydrogen) atoms. The Kier molecular flexibility index (Phi) is 3.69. The van der Waals surface area contributed by atoms with Crippen LogP contribution >= 0.6 is 0 Å². The summed E-state index contributed by atoms with van der Waals surface area (Å²) in [5.74, 6) is 0. The number of aliphatic hydroxyl groups excluding tert-OH is 1. The molecule has 1 fully saturated rings. The number of hydrogen-bond acceptors (Lipinski definition) is 3. The van der Waals surface area contributed by atoms with Crippen LogP contribution in [0.25, 0.3) is 0 Å². The molecular formula is C12H18N2O. The number of hydrogen-bond donors (Lipinski definition) is 1. The van der Waals surface area contributed by atoms with E-state index < -0.39 is 6.10 Å². The zero-order valence-electron chi connectivity index (χ0n) is 8.97. The van der Waals surface area contributed by atoms with E-state index in [1.165, 1.54) is 19.3 Å². The van der Waals surface area contributed by atoms with Crippen LogP contribution in [0.1, 0.15) is 30.9 Å². The molecule has 0 amide bonds. The van der Waals surface area contributed by atoms with Gasteiger partial charge in [-0.05, 0) is 32.0 Å². The summed E-state index contributed by atoms with van der Waals surface area (Å²) in [5, 5.41) is 9.99. The van der Waals surface area contributed by atoms with Gasteiger partial charge in [0, 0.05) is 24.5 Å². The zero-order valence-corrected chi connectivity index (χ0v) is 8.97. The second kappa shape index (κ2) is 5.24. The van der Waals surface area contributed by atoms with Gasteiger partial charge in [-0.25, -0.2) is 0 Å². The van der Waals surface area contributed by atoms with E-state index in [0.29, 0.717) is 0 Å². The van der Waals surface area contributed by atoms with Crippen LogP contribution in [0.3, 0.4) is 0 Å². The summed E-state index contributed by atoms with van der Waals surface area (Å²) in [5.41, 5.74) is 0.920. The summed E-state index contributed by atoms with van der Waals surface area (Å²) < 4.78 is 0. The van der Waals surface area contributed by atoms with Crippen molar-refractivity contribution in [3.05, 3.63) is 30.1 Å². The summed E-state index contributed by atoms with van der Waals surface area (Å²) >= 11 is 0. The molecule has 1 aromatic rings. The Bertz CT molecular complexity index is 283. The normalized spacial score (nSPS) is 20.1. The van der Waals surface area contributed by atoms with Gasteiger partial charge in [0.15, 0.2) is 0 Å². The first-order valence-electron chi connectivity index (χ1n) is 5.66. The highest BCUT2D eigenvalue weighted by atomic mass is 16.3. The minimum absolute atomic E-state index is 0.392. The fourth-order valence-corrected chi connectivity index (χ4v) is 2.07. The minimum atomic E-state index is -0.392. The Hall–Kier alpha value is -0.930. The molecule has 0 aromatic carbocycles. The fourth-order valence-electron chi connectivity index (χ4n) is 2.07. The van der Waals surface area contributed by atoms with Gasteiger partial charge in [-0.15, -0.1) is 0 Å². The highest BCUT2D eigenvalue weighted by molar-refractivity contribution is 5.12. The number of aliphatic hydroxyl groups is 1. The van der Waals surface area contributed by atoms with E-state index in [2.05, 4.69) is 9.88 Å². The lowest BCUT2D eigenvalue weighted by Gasteiger charge is -2.28. The van der Waals surface area contributed by atoms with E-state index >= 15 is 0 Å². The molecule has 1 atom stereocenters. The van der Waals surface area contributed by atoms with Crippen molar-refractivity contribution in [2.24, 2.45) is 0 Å². The predicted octanol–water partition coefficient (Wildman–Crippen LogP) is 1.60. The van der Waals surface area contributed by atoms with E-state index in [9.17, 15) is 5.11 Å². The van der Waals surface area contributed by atoms with Crippen molar-refractivity contribution in [3.8, 4) is 0 Å². The molecular weight excluding hydrogens is 188 g/mol. The number of nitrogens with zero attached hydrogens (tertiary/aromatic N) is 2. The van der Waals surface area contributed by atoms with E-state index in [0.717, 1.165) is 25.2 Å². The maximum Gasteiger partial charge on any atom is 0.0931 e. The Morgan fingerprint density at radius 2 is 2.13 bits per heavy atom. The lowest BCUT2D eigenvalue weighted by Crippen LogP contribution is -2.33. The molecule has 1 saturated heterocycles. The van der Waals surface area contributed by atoms with E-state index in [1.807, 2.05) is 12.1 Å². The van der Waals surface area contributed by atoms with Crippen LogP contribution in [0.2, 0.25) is 0 Å². The number of piperidine rings is 1. The van der Waals surface area contributed by atoms with Crippen molar-refractivity contribution in [1.82, 2.24) is 9.88 Å². The van der Waals surface area contributed by atoms with Gasteiger partial charge in [-0.1, -0.05) is 12.5 Å². The lowest BCUT2D eigenvalue weighted by molar-refractivity contribution is 0.101. The molecule has 1 aromatic heterocycles. The standard InChI is InChI=1S/C12H18N2O/c15-12(11-5-4-6-13-9-11)10-14-7-2-1-3-8-14/h4-6,9,12,15H,1-3,7-8,10H2. The third kappa shape index (κ3) is 3.01.